The monoisotopic (exact) mass is 367 g/mol. The van der Waals surface area contributed by atoms with Crippen LogP contribution in [0.25, 0.3) is 0 Å². The number of halogens is 1. The number of aliphatic carboxylic acids is 1. The van der Waals surface area contributed by atoms with Crippen molar-refractivity contribution in [2.45, 2.75) is 38.4 Å². The van der Waals surface area contributed by atoms with Crippen LogP contribution in [0.1, 0.15) is 25.3 Å². The van der Waals surface area contributed by atoms with Gasteiger partial charge in [-0.05, 0) is 44.5 Å². The highest BCUT2D eigenvalue weighted by Crippen LogP contribution is 2.17. The maximum Gasteiger partial charge on any atom is 0.317 e. The van der Waals surface area contributed by atoms with Crippen LogP contribution in [0, 0.1) is 0 Å². The van der Waals surface area contributed by atoms with Crippen LogP contribution < -0.4 is 5.32 Å². The quantitative estimate of drug-likeness (QED) is 0.769. The van der Waals surface area contributed by atoms with Gasteiger partial charge in [0.15, 0.2) is 0 Å². The lowest BCUT2D eigenvalue weighted by Crippen LogP contribution is -2.51. The summed E-state index contributed by atoms with van der Waals surface area (Å²) in [5, 5.41) is 12.5. The fourth-order valence-corrected chi connectivity index (χ4v) is 3.29. The Hall–Kier alpha value is -1.63. The Bertz CT molecular complexity index is 586. The summed E-state index contributed by atoms with van der Waals surface area (Å²) in [6, 6.07) is 7.49. The first-order chi connectivity index (χ1) is 11.9. The molecule has 2 N–H and O–H groups in total. The van der Waals surface area contributed by atoms with Crippen LogP contribution in [0.2, 0.25) is 5.02 Å². The predicted octanol–water partition coefficient (Wildman–Crippen LogP) is 1.83. The van der Waals surface area contributed by atoms with Gasteiger partial charge in [0.25, 0.3) is 0 Å². The number of benzene rings is 1. The van der Waals surface area contributed by atoms with E-state index in [2.05, 4.69) is 10.2 Å². The Morgan fingerprint density at radius 1 is 1.32 bits per heavy atom. The first kappa shape index (κ1) is 19.7. The van der Waals surface area contributed by atoms with Crippen molar-refractivity contribution in [3.8, 4) is 0 Å². The minimum absolute atomic E-state index is 0.00675. The van der Waals surface area contributed by atoms with Crippen molar-refractivity contribution >= 4 is 23.5 Å². The van der Waals surface area contributed by atoms with Gasteiger partial charge in [-0.15, -0.1) is 0 Å². The van der Waals surface area contributed by atoms with Gasteiger partial charge in [-0.3, -0.25) is 19.4 Å². The van der Waals surface area contributed by atoms with E-state index in [9.17, 15) is 9.59 Å². The second-order valence-corrected chi connectivity index (χ2v) is 7.03. The van der Waals surface area contributed by atoms with Crippen molar-refractivity contribution in [2.75, 3.05) is 26.7 Å². The molecule has 1 saturated heterocycles. The number of carboxylic acids is 1. The van der Waals surface area contributed by atoms with Gasteiger partial charge < -0.3 is 10.4 Å². The van der Waals surface area contributed by atoms with Crippen molar-refractivity contribution in [1.82, 2.24) is 15.1 Å². The van der Waals surface area contributed by atoms with Crippen molar-refractivity contribution in [1.29, 1.82) is 0 Å². The molecule has 1 aromatic carbocycles. The lowest BCUT2D eigenvalue weighted by atomic mass is 10.0. The lowest BCUT2D eigenvalue weighted by molar-refractivity contribution is -0.138. The van der Waals surface area contributed by atoms with Gasteiger partial charge in [-0.1, -0.05) is 23.7 Å². The molecule has 1 aliphatic heterocycles. The third kappa shape index (κ3) is 5.99. The first-order valence-corrected chi connectivity index (χ1v) is 8.93. The molecule has 1 fully saturated rings. The summed E-state index contributed by atoms with van der Waals surface area (Å²) in [6.45, 7) is 4.05. The van der Waals surface area contributed by atoms with Crippen LogP contribution in [-0.2, 0) is 16.1 Å². The third-order valence-corrected chi connectivity index (χ3v) is 5.07. The zero-order chi connectivity index (χ0) is 18.4. The Kier molecular flexibility index (Phi) is 7.23. The van der Waals surface area contributed by atoms with Gasteiger partial charge in [0.05, 0.1) is 12.6 Å². The van der Waals surface area contributed by atoms with Crippen LogP contribution in [-0.4, -0.2) is 65.5 Å². The molecule has 0 saturated carbocycles. The van der Waals surface area contributed by atoms with Gasteiger partial charge in [0.2, 0.25) is 5.91 Å². The number of likely N-dealkylation sites (N-methyl/N-ethyl adjacent to an activating group) is 1. The number of likely N-dealkylation sites (tertiary alicyclic amines) is 1. The number of nitrogens with one attached hydrogen (secondary N) is 1. The summed E-state index contributed by atoms with van der Waals surface area (Å²) >= 11 is 5.86. The van der Waals surface area contributed by atoms with E-state index in [1.54, 1.807) is 0 Å². The Morgan fingerprint density at radius 2 is 1.92 bits per heavy atom. The van der Waals surface area contributed by atoms with E-state index < -0.39 is 5.97 Å². The lowest BCUT2D eigenvalue weighted by Gasteiger charge is -2.38. The molecule has 1 atom stereocenters. The maximum atomic E-state index is 12.4. The molecular formula is C18H26ClN3O3. The third-order valence-electron chi connectivity index (χ3n) is 4.81. The molecule has 2 rings (SSSR count). The van der Waals surface area contributed by atoms with Crippen molar-refractivity contribution in [2.24, 2.45) is 0 Å². The largest absolute Gasteiger partial charge is 0.480 e. The van der Waals surface area contributed by atoms with Crippen molar-refractivity contribution < 1.29 is 14.7 Å². The van der Waals surface area contributed by atoms with Crippen LogP contribution in [0.5, 0.6) is 0 Å². The maximum absolute atomic E-state index is 12.4. The van der Waals surface area contributed by atoms with E-state index in [0.717, 1.165) is 31.5 Å². The summed E-state index contributed by atoms with van der Waals surface area (Å²) in [7, 11) is 1.84. The average Bonchev–Trinajstić information content (AvgIpc) is 2.60. The summed E-state index contributed by atoms with van der Waals surface area (Å²) in [5.41, 5.74) is 1.01. The molecule has 0 radical (unpaired) electrons. The first-order valence-electron chi connectivity index (χ1n) is 8.55. The highest BCUT2D eigenvalue weighted by atomic mass is 35.5. The van der Waals surface area contributed by atoms with E-state index in [1.165, 1.54) is 0 Å². The van der Waals surface area contributed by atoms with Crippen LogP contribution in [0.3, 0.4) is 0 Å². The number of carbonyl (C=O) groups is 2. The smallest absolute Gasteiger partial charge is 0.317 e. The van der Waals surface area contributed by atoms with Gasteiger partial charge in [-0.2, -0.15) is 0 Å². The Labute approximate surface area is 153 Å². The molecule has 138 valence electrons. The topological polar surface area (TPSA) is 72.9 Å². The van der Waals surface area contributed by atoms with E-state index in [0.29, 0.717) is 11.6 Å². The summed E-state index contributed by atoms with van der Waals surface area (Å²) < 4.78 is 0. The predicted molar refractivity (Wildman–Crippen MR) is 97.6 cm³/mol. The SMILES string of the molecule is CC(C(=O)NCc1ccc(Cl)cc1)N1CCC(N(C)CC(=O)O)CC1. The molecule has 25 heavy (non-hydrogen) atoms. The molecule has 1 amide bonds. The molecule has 7 heteroatoms. The fourth-order valence-electron chi connectivity index (χ4n) is 3.16. The molecule has 0 spiro atoms. The number of hydrogen-bond donors (Lipinski definition) is 2. The normalized spacial score (nSPS) is 17.4. The number of carbonyl (C=O) groups excluding carboxylic acids is 1. The minimum atomic E-state index is -0.806. The molecule has 1 aliphatic rings. The molecule has 0 aromatic heterocycles. The van der Waals surface area contributed by atoms with Gasteiger partial charge >= 0.3 is 5.97 Å². The Morgan fingerprint density at radius 3 is 2.48 bits per heavy atom. The number of amides is 1. The zero-order valence-electron chi connectivity index (χ0n) is 14.7. The summed E-state index contributed by atoms with van der Waals surface area (Å²) in [5.74, 6) is -0.799. The number of nitrogens with zero attached hydrogens (tertiary/aromatic N) is 2. The minimum Gasteiger partial charge on any atom is -0.480 e. The van der Waals surface area contributed by atoms with Gasteiger partial charge in [0, 0.05) is 30.7 Å². The standard InChI is InChI=1S/C18H26ClN3O3/c1-13(18(25)20-11-14-3-5-15(19)6-4-14)22-9-7-16(8-10-22)21(2)12-17(23)24/h3-6,13,16H,7-12H2,1-2H3,(H,20,25)(H,23,24). The van der Waals surface area contributed by atoms with Crippen LogP contribution >= 0.6 is 11.6 Å². The second-order valence-electron chi connectivity index (χ2n) is 6.60. The van der Waals surface area contributed by atoms with Gasteiger partial charge in [0.1, 0.15) is 0 Å². The molecule has 1 unspecified atom stereocenters. The number of rotatable bonds is 7. The average molecular weight is 368 g/mol. The number of hydrogen-bond acceptors (Lipinski definition) is 4. The molecule has 6 nitrogen and oxygen atoms in total. The Balaban J connectivity index is 1.77. The van der Waals surface area contributed by atoms with Crippen molar-refractivity contribution in [3.05, 3.63) is 34.9 Å². The van der Waals surface area contributed by atoms with E-state index in [1.807, 2.05) is 43.1 Å². The van der Waals surface area contributed by atoms with E-state index in [-0.39, 0.29) is 24.5 Å². The summed E-state index contributed by atoms with van der Waals surface area (Å²) in [4.78, 5) is 27.2. The van der Waals surface area contributed by atoms with Crippen LogP contribution in [0.15, 0.2) is 24.3 Å². The highest BCUT2D eigenvalue weighted by Gasteiger charge is 2.28. The van der Waals surface area contributed by atoms with E-state index in [4.69, 9.17) is 16.7 Å². The zero-order valence-corrected chi connectivity index (χ0v) is 15.5. The second kappa shape index (κ2) is 9.17. The van der Waals surface area contributed by atoms with Crippen molar-refractivity contribution in [3.63, 3.8) is 0 Å². The van der Waals surface area contributed by atoms with Gasteiger partial charge in [-0.25, -0.2) is 0 Å². The molecule has 0 aliphatic carbocycles. The fraction of sp³-hybridized carbons (Fsp3) is 0.556. The molecule has 1 aromatic rings. The molecule has 1 heterocycles. The highest BCUT2D eigenvalue weighted by molar-refractivity contribution is 6.30. The van der Waals surface area contributed by atoms with E-state index >= 15 is 0 Å². The number of carboxylic acid groups (broad SMARTS) is 1. The molecular weight excluding hydrogens is 342 g/mol. The van der Waals surface area contributed by atoms with Crippen LogP contribution in [0.4, 0.5) is 0 Å². The summed E-state index contributed by atoms with van der Waals surface area (Å²) in [6.07, 6.45) is 1.75. The molecule has 0 bridgehead atoms. The number of piperidine rings is 1.